The van der Waals surface area contributed by atoms with Gasteiger partial charge in [-0.05, 0) is 29.2 Å². The van der Waals surface area contributed by atoms with Crippen LogP contribution in [0.2, 0.25) is 0 Å². The highest BCUT2D eigenvalue weighted by Gasteiger charge is 2.02. The van der Waals surface area contributed by atoms with Crippen LogP contribution >= 0.6 is 0 Å². The third-order valence-corrected chi connectivity index (χ3v) is 3.49. The second kappa shape index (κ2) is 8.40. The first-order valence-corrected chi connectivity index (χ1v) is 7.38. The molecule has 2 aromatic rings. The van der Waals surface area contributed by atoms with Gasteiger partial charge in [0.05, 0.1) is 13.2 Å². The van der Waals surface area contributed by atoms with E-state index in [0.717, 1.165) is 0 Å². The number of hydrogen-bond acceptors (Lipinski definition) is 2. The second-order valence-electron chi connectivity index (χ2n) is 5.21. The molecule has 0 saturated heterocycles. The van der Waals surface area contributed by atoms with Crippen molar-refractivity contribution in [3.05, 3.63) is 77.4 Å². The summed E-state index contributed by atoms with van der Waals surface area (Å²) in [6, 6.07) is 18.7. The van der Waals surface area contributed by atoms with Crippen LogP contribution in [0.1, 0.15) is 29.5 Å². The van der Waals surface area contributed by atoms with Crippen molar-refractivity contribution < 1.29 is 4.74 Å². The van der Waals surface area contributed by atoms with Gasteiger partial charge < -0.3 is 10.5 Å². The fourth-order valence-electron chi connectivity index (χ4n) is 2.07. The highest BCUT2D eigenvalue weighted by Crippen LogP contribution is 2.14. The van der Waals surface area contributed by atoms with Gasteiger partial charge in [-0.1, -0.05) is 73.7 Å². The Morgan fingerprint density at radius 3 is 2.43 bits per heavy atom. The zero-order chi connectivity index (χ0) is 14.9. The molecule has 2 nitrogen and oxygen atoms in total. The van der Waals surface area contributed by atoms with Gasteiger partial charge in [-0.3, -0.25) is 0 Å². The summed E-state index contributed by atoms with van der Waals surface area (Å²) < 4.78 is 5.66. The topological polar surface area (TPSA) is 35.2 Å². The van der Waals surface area contributed by atoms with E-state index >= 15 is 0 Å². The van der Waals surface area contributed by atoms with E-state index in [9.17, 15) is 0 Å². The molecule has 1 unspecified atom stereocenters. The van der Waals surface area contributed by atoms with Crippen molar-refractivity contribution in [3.63, 3.8) is 0 Å². The summed E-state index contributed by atoms with van der Waals surface area (Å²) in [4.78, 5) is 0. The molecule has 1 atom stereocenters. The van der Waals surface area contributed by atoms with Crippen molar-refractivity contribution in [2.24, 2.45) is 5.73 Å². The predicted octanol–water partition coefficient (Wildman–Crippen LogP) is 3.98. The van der Waals surface area contributed by atoms with Crippen LogP contribution in [-0.2, 0) is 11.3 Å². The Kier molecular flexibility index (Phi) is 6.20. The molecule has 0 fully saturated rings. The fraction of sp³-hybridized carbons (Fsp3) is 0.263. The van der Waals surface area contributed by atoms with Crippen LogP contribution in [0.5, 0.6) is 0 Å². The molecule has 0 spiro atoms. The zero-order valence-electron chi connectivity index (χ0n) is 12.5. The quantitative estimate of drug-likeness (QED) is 0.779. The van der Waals surface area contributed by atoms with Gasteiger partial charge in [0.15, 0.2) is 0 Å². The van der Waals surface area contributed by atoms with Gasteiger partial charge in [0.1, 0.15) is 0 Å². The molecule has 0 aliphatic rings. The summed E-state index contributed by atoms with van der Waals surface area (Å²) in [6.45, 7) is 4.08. The van der Waals surface area contributed by atoms with Crippen LogP contribution in [0, 0.1) is 0 Å². The van der Waals surface area contributed by atoms with Gasteiger partial charge in [0, 0.05) is 0 Å². The van der Waals surface area contributed by atoms with Gasteiger partial charge >= 0.3 is 0 Å². The number of hydrogen-bond donors (Lipinski definition) is 1. The first-order valence-electron chi connectivity index (χ1n) is 7.38. The molecule has 0 amide bonds. The van der Waals surface area contributed by atoms with Gasteiger partial charge in [0.2, 0.25) is 0 Å². The average Bonchev–Trinajstić information content (AvgIpc) is 2.55. The Bertz CT molecular complexity index is 546. The van der Waals surface area contributed by atoms with Crippen molar-refractivity contribution in [1.82, 2.24) is 0 Å². The maximum Gasteiger partial charge on any atom is 0.0721 e. The summed E-state index contributed by atoms with van der Waals surface area (Å²) in [6.07, 6.45) is 4.12. The number of rotatable bonds is 7. The monoisotopic (exact) mass is 281 g/mol. The molecule has 21 heavy (non-hydrogen) atoms. The molecule has 0 heterocycles. The Hall–Kier alpha value is -1.90. The largest absolute Gasteiger partial charge is 0.373 e. The lowest BCUT2D eigenvalue weighted by Crippen LogP contribution is -2.08. The Labute approximate surface area is 127 Å². The second-order valence-corrected chi connectivity index (χ2v) is 5.21. The lowest BCUT2D eigenvalue weighted by Gasteiger charge is -2.09. The third kappa shape index (κ3) is 5.18. The van der Waals surface area contributed by atoms with E-state index < -0.39 is 0 Å². The van der Waals surface area contributed by atoms with E-state index in [-0.39, 0.29) is 0 Å². The first kappa shape index (κ1) is 15.5. The molecular weight excluding hydrogens is 258 g/mol. The average molecular weight is 281 g/mol. The predicted molar refractivity (Wildman–Crippen MR) is 89.0 cm³/mol. The van der Waals surface area contributed by atoms with Crippen LogP contribution in [0.25, 0.3) is 6.08 Å². The summed E-state index contributed by atoms with van der Waals surface area (Å²) in [5.41, 5.74) is 9.34. The van der Waals surface area contributed by atoms with E-state index in [1.165, 1.54) is 16.7 Å². The molecule has 0 aliphatic heterocycles. The highest BCUT2D eigenvalue weighted by molar-refractivity contribution is 5.48. The van der Waals surface area contributed by atoms with Crippen LogP contribution in [0.3, 0.4) is 0 Å². The van der Waals surface area contributed by atoms with Gasteiger partial charge in [0.25, 0.3) is 0 Å². The minimum Gasteiger partial charge on any atom is -0.373 e. The summed E-state index contributed by atoms with van der Waals surface area (Å²) in [7, 11) is 0. The van der Waals surface area contributed by atoms with E-state index in [1.54, 1.807) is 0 Å². The standard InChI is InChI=1S/C19H23NO/c1-16(14-20)19-11-9-18(10-12-19)15-21-13-5-8-17-6-3-2-4-7-17/h2-12,16H,13-15,20H2,1H3/b8-5+. The minimum absolute atomic E-state index is 0.411. The van der Waals surface area contributed by atoms with Crippen molar-refractivity contribution in [1.29, 1.82) is 0 Å². The van der Waals surface area contributed by atoms with Gasteiger partial charge in [-0.25, -0.2) is 0 Å². The number of nitrogens with two attached hydrogens (primary N) is 1. The summed E-state index contributed by atoms with van der Waals surface area (Å²) >= 11 is 0. The van der Waals surface area contributed by atoms with Crippen molar-refractivity contribution >= 4 is 6.08 Å². The minimum atomic E-state index is 0.411. The third-order valence-electron chi connectivity index (χ3n) is 3.49. The van der Waals surface area contributed by atoms with E-state index in [2.05, 4.69) is 49.4 Å². The normalized spacial score (nSPS) is 12.7. The molecule has 2 rings (SSSR count). The van der Waals surface area contributed by atoms with E-state index in [0.29, 0.717) is 25.7 Å². The molecule has 110 valence electrons. The molecule has 0 saturated carbocycles. The number of ether oxygens (including phenoxy) is 1. The smallest absolute Gasteiger partial charge is 0.0721 e. The van der Waals surface area contributed by atoms with Crippen LogP contribution < -0.4 is 5.73 Å². The molecule has 2 aromatic carbocycles. The van der Waals surface area contributed by atoms with Crippen molar-refractivity contribution in [3.8, 4) is 0 Å². The SMILES string of the molecule is CC(CN)c1ccc(COC/C=C/c2ccccc2)cc1. The molecule has 0 aromatic heterocycles. The van der Waals surface area contributed by atoms with E-state index in [1.807, 2.05) is 24.3 Å². The Balaban J connectivity index is 1.75. The summed E-state index contributed by atoms with van der Waals surface area (Å²) in [5, 5.41) is 0. The molecular formula is C19H23NO. The first-order chi connectivity index (χ1) is 10.3. The maximum absolute atomic E-state index is 5.67. The number of benzene rings is 2. The van der Waals surface area contributed by atoms with E-state index in [4.69, 9.17) is 10.5 Å². The molecule has 2 heteroatoms. The fourth-order valence-corrected chi connectivity index (χ4v) is 2.07. The van der Waals surface area contributed by atoms with Crippen molar-refractivity contribution in [2.75, 3.05) is 13.2 Å². The molecule has 0 radical (unpaired) electrons. The van der Waals surface area contributed by atoms with Crippen LogP contribution in [0.4, 0.5) is 0 Å². The van der Waals surface area contributed by atoms with Crippen LogP contribution in [-0.4, -0.2) is 13.2 Å². The lowest BCUT2D eigenvalue weighted by molar-refractivity contribution is 0.149. The molecule has 2 N–H and O–H groups in total. The maximum atomic E-state index is 5.67. The van der Waals surface area contributed by atoms with Gasteiger partial charge in [-0.15, -0.1) is 0 Å². The van der Waals surface area contributed by atoms with Crippen molar-refractivity contribution in [2.45, 2.75) is 19.4 Å². The molecule has 0 bridgehead atoms. The summed E-state index contributed by atoms with van der Waals surface area (Å²) in [5.74, 6) is 0.411. The van der Waals surface area contributed by atoms with Gasteiger partial charge in [-0.2, -0.15) is 0 Å². The zero-order valence-corrected chi connectivity index (χ0v) is 12.5. The Morgan fingerprint density at radius 2 is 1.76 bits per heavy atom. The lowest BCUT2D eigenvalue weighted by atomic mass is 10.0. The highest BCUT2D eigenvalue weighted by atomic mass is 16.5. The molecule has 0 aliphatic carbocycles. The van der Waals surface area contributed by atoms with Crippen LogP contribution in [0.15, 0.2) is 60.7 Å². The Morgan fingerprint density at radius 1 is 1.05 bits per heavy atom.